The lowest BCUT2D eigenvalue weighted by atomic mass is 10.2. The second-order valence-electron chi connectivity index (χ2n) is 4.01. The minimum Gasteiger partial charge on any atom is -0.494 e. The molecule has 0 fully saturated rings. The average Bonchev–Trinajstić information content (AvgIpc) is 2.37. The molecular formula is C12H14FN3O5. The molecule has 0 aromatic heterocycles. The third kappa shape index (κ3) is 4.97. The fourth-order valence-electron chi connectivity index (χ4n) is 1.47. The molecule has 0 aliphatic rings. The maximum absolute atomic E-state index is 13.4. The highest BCUT2D eigenvalue weighted by Gasteiger charge is 2.22. The van der Waals surface area contributed by atoms with E-state index in [0.29, 0.717) is 0 Å². The van der Waals surface area contributed by atoms with Crippen molar-refractivity contribution in [3.63, 3.8) is 0 Å². The summed E-state index contributed by atoms with van der Waals surface area (Å²) in [6, 6.07) is 1.29. The van der Waals surface area contributed by atoms with E-state index in [1.807, 2.05) is 5.32 Å². The van der Waals surface area contributed by atoms with E-state index in [1.54, 1.807) is 0 Å². The van der Waals surface area contributed by atoms with Gasteiger partial charge in [-0.15, -0.1) is 0 Å². The first-order valence-corrected chi connectivity index (χ1v) is 5.75. The van der Waals surface area contributed by atoms with Crippen molar-refractivity contribution in [2.45, 2.75) is 12.5 Å². The number of methoxy groups -OCH3 is 1. The smallest absolute Gasteiger partial charge is 0.326 e. The van der Waals surface area contributed by atoms with Crippen LogP contribution in [0.15, 0.2) is 18.2 Å². The van der Waals surface area contributed by atoms with Crippen molar-refractivity contribution in [3.05, 3.63) is 24.0 Å². The Balaban J connectivity index is 2.69. The second-order valence-corrected chi connectivity index (χ2v) is 4.01. The summed E-state index contributed by atoms with van der Waals surface area (Å²) in [5.41, 5.74) is 4.97. The molecule has 1 atom stereocenters. The Hall–Kier alpha value is -2.84. The van der Waals surface area contributed by atoms with Gasteiger partial charge in [0.25, 0.3) is 0 Å². The number of aliphatic carboxylic acids is 1. The molecule has 0 heterocycles. The van der Waals surface area contributed by atoms with Crippen LogP contribution in [0.1, 0.15) is 6.42 Å². The maximum Gasteiger partial charge on any atom is 0.326 e. The molecule has 3 amide bonds. The van der Waals surface area contributed by atoms with Crippen LogP contribution in [-0.4, -0.2) is 36.2 Å². The first-order chi connectivity index (χ1) is 9.83. The number of urea groups is 1. The van der Waals surface area contributed by atoms with Crippen LogP contribution in [0.2, 0.25) is 0 Å². The van der Waals surface area contributed by atoms with E-state index in [-0.39, 0.29) is 11.4 Å². The summed E-state index contributed by atoms with van der Waals surface area (Å²) < 4.78 is 18.1. The lowest BCUT2D eigenvalue weighted by molar-refractivity contribution is -0.140. The molecule has 0 aliphatic heterocycles. The monoisotopic (exact) mass is 299 g/mol. The van der Waals surface area contributed by atoms with Gasteiger partial charge in [-0.1, -0.05) is 0 Å². The molecule has 0 spiro atoms. The predicted octanol–water partition coefficient (Wildman–Crippen LogP) is 0.284. The largest absolute Gasteiger partial charge is 0.494 e. The third-order valence-electron chi connectivity index (χ3n) is 2.42. The van der Waals surface area contributed by atoms with Crippen molar-refractivity contribution < 1.29 is 28.6 Å². The van der Waals surface area contributed by atoms with Crippen molar-refractivity contribution in [1.82, 2.24) is 5.32 Å². The van der Waals surface area contributed by atoms with Gasteiger partial charge in [0.2, 0.25) is 5.91 Å². The molecule has 1 aromatic rings. The third-order valence-corrected chi connectivity index (χ3v) is 2.42. The van der Waals surface area contributed by atoms with Crippen LogP contribution < -0.4 is 21.1 Å². The van der Waals surface area contributed by atoms with Crippen LogP contribution in [-0.2, 0) is 9.59 Å². The normalized spacial score (nSPS) is 11.3. The first-order valence-electron chi connectivity index (χ1n) is 5.75. The van der Waals surface area contributed by atoms with E-state index in [1.165, 1.54) is 19.2 Å². The Labute approximate surface area is 119 Å². The molecule has 8 nitrogen and oxygen atoms in total. The summed E-state index contributed by atoms with van der Waals surface area (Å²) in [6.07, 6.45) is -0.556. The molecule has 9 heteroatoms. The number of anilines is 1. The zero-order valence-corrected chi connectivity index (χ0v) is 11.1. The Morgan fingerprint density at radius 3 is 2.57 bits per heavy atom. The van der Waals surface area contributed by atoms with E-state index in [0.717, 1.165) is 6.07 Å². The van der Waals surface area contributed by atoms with Crippen molar-refractivity contribution in [1.29, 1.82) is 0 Å². The van der Waals surface area contributed by atoms with Gasteiger partial charge >= 0.3 is 12.0 Å². The predicted molar refractivity (Wildman–Crippen MR) is 70.3 cm³/mol. The number of carboxylic acids is 1. The van der Waals surface area contributed by atoms with Gasteiger partial charge in [-0.25, -0.2) is 14.0 Å². The number of nitrogens with two attached hydrogens (primary N) is 1. The molecule has 0 bridgehead atoms. The zero-order chi connectivity index (χ0) is 16.0. The molecule has 21 heavy (non-hydrogen) atoms. The molecule has 114 valence electrons. The fraction of sp³-hybridized carbons (Fsp3) is 0.250. The summed E-state index contributed by atoms with van der Waals surface area (Å²) in [5, 5.41) is 13.1. The van der Waals surface area contributed by atoms with Crippen molar-refractivity contribution >= 4 is 23.6 Å². The summed E-state index contributed by atoms with van der Waals surface area (Å²) in [7, 11) is 1.29. The first kappa shape index (κ1) is 16.2. The number of rotatable bonds is 6. The van der Waals surface area contributed by atoms with Gasteiger partial charge in [0.05, 0.1) is 13.5 Å². The number of nitrogens with one attached hydrogen (secondary N) is 2. The molecule has 5 N–H and O–H groups in total. The van der Waals surface area contributed by atoms with Gasteiger partial charge in [-0.05, 0) is 12.1 Å². The van der Waals surface area contributed by atoms with Gasteiger partial charge in [0, 0.05) is 11.8 Å². The van der Waals surface area contributed by atoms with Crippen LogP contribution in [0.3, 0.4) is 0 Å². The summed E-state index contributed by atoms with van der Waals surface area (Å²) in [4.78, 5) is 33.1. The minimum atomic E-state index is -1.47. The number of carbonyl (C=O) groups is 3. The molecule has 0 unspecified atom stereocenters. The number of primary amides is 1. The Bertz CT molecular complexity index is 564. The lowest BCUT2D eigenvalue weighted by Crippen LogP contribution is -2.45. The van der Waals surface area contributed by atoms with Crippen molar-refractivity contribution in [3.8, 4) is 5.75 Å². The number of benzene rings is 1. The van der Waals surface area contributed by atoms with Crippen LogP contribution in [0.25, 0.3) is 0 Å². The summed E-state index contributed by atoms with van der Waals surface area (Å²) in [5.74, 6) is -2.98. The number of amides is 3. The average molecular weight is 299 g/mol. The van der Waals surface area contributed by atoms with Gasteiger partial charge < -0.3 is 26.2 Å². The number of halogens is 1. The quantitative estimate of drug-likeness (QED) is 0.599. The molecule has 0 saturated heterocycles. The number of hydrogen-bond donors (Lipinski definition) is 4. The van der Waals surface area contributed by atoms with Crippen molar-refractivity contribution in [2.24, 2.45) is 5.73 Å². The van der Waals surface area contributed by atoms with Gasteiger partial charge in [-0.2, -0.15) is 0 Å². The molecule has 1 rings (SSSR count). The van der Waals surface area contributed by atoms with Gasteiger partial charge in [-0.3, -0.25) is 4.79 Å². The highest BCUT2D eigenvalue weighted by molar-refractivity contribution is 5.93. The number of carbonyl (C=O) groups excluding carboxylic acids is 2. The Morgan fingerprint density at radius 2 is 2.10 bits per heavy atom. The van der Waals surface area contributed by atoms with E-state index in [9.17, 15) is 18.8 Å². The number of carboxylic acid groups (broad SMARTS) is 1. The van der Waals surface area contributed by atoms with Crippen LogP contribution in [0.4, 0.5) is 14.9 Å². The topological polar surface area (TPSA) is 131 Å². The number of hydrogen-bond acceptors (Lipinski definition) is 4. The van der Waals surface area contributed by atoms with Crippen molar-refractivity contribution in [2.75, 3.05) is 12.4 Å². The molecule has 0 aliphatic carbocycles. The van der Waals surface area contributed by atoms with E-state index < -0.39 is 36.2 Å². The lowest BCUT2D eigenvalue weighted by Gasteiger charge is -2.14. The Kier molecular flexibility index (Phi) is 5.47. The SMILES string of the molecule is COc1ccc(NC(=O)N[C@@H](CC(N)=O)C(=O)O)cc1F. The van der Waals surface area contributed by atoms with E-state index in [4.69, 9.17) is 15.6 Å². The van der Waals surface area contributed by atoms with Crippen LogP contribution >= 0.6 is 0 Å². The highest BCUT2D eigenvalue weighted by Crippen LogP contribution is 2.20. The summed E-state index contributed by atoms with van der Waals surface area (Å²) >= 11 is 0. The highest BCUT2D eigenvalue weighted by atomic mass is 19.1. The number of ether oxygens (including phenoxy) is 1. The molecule has 1 aromatic carbocycles. The van der Waals surface area contributed by atoms with E-state index in [2.05, 4.69) is 5.32 Å². The molecule has 0 saturated carbocycles. The van der Waals surface area contributed by atoms with Crippen LogP contribution in [0.5, 0.6) is 5.75 Å². The van der Waals surface area contributed by atoms with Gasteiger partial charge in [0.15, 0.2) is 11.6 Å². The summed E-state index contributed by atoms with van der Waals surface area (Å²) in [6.45, 7) is 0. The zero-order valence-electron chi connectivity index (χ0n) is 11.1. The van der Waals surface area contributed by atoms with Crippen LogP contribution in [0, 0.1) is 5.82 Å². The Morgan fingerprint density at radius 1 is 1.43 bits per heavy atom. The van der Waals surface area contributed by atoms with E-state index >= 15 is 0 Å². The molecule has 0 radical (unpaired) electrons. The minimum absolute atomic E-state index is 0.00176. The molecular weight excluding hydrogens is 285 g/mol. The fourth-order valence-corrected chi connectivity index (χ4v) is 1.47. The maximum atomic E-state index is 13.4. The second kappa shape index (κ2) is 7.08. The van der Waals surface area contributed by atoms with Gasteiger partial charge in [0.1, 0.15) is 6.04 Å². The standard InChI is InChI=1S/C12H14FN3O5/c1-21-9-3-2-6(4-7(9)13)15-12(20)16-8(11(18)19)5-10(14)17/h2-4,8H,5H2,1H3,(H2,14,17)(H,18,19)(H2,15,16,20)/t8-/m0/s1.